The quantitative estimate of drug-likeness (QED) is 0.536. The minimum Gasteiger partial charge on any atom is -0.263 e. The summed E-state index contributed by atoms with van der Waals surface area (Å²) in [4.78, 5) is 4.03. The summed E-state index contributed by atoms with van der Waals surface area (Å²) in [6.45, 7) is 4.25. The molecular formula is C18H15N3. The molecule has 0 aliphatic heterocycles. The molecule has 0 amide bonds. The fourth-order valence-electron chi connectivity index (χ4n) is 2.40. The number of nitrogens with zero attached hydrogens (tertiary/aromatic N) is 3. The molecule has 2 rings (SSSR count). The summed E-state index contributed by atoms with van der Waals surface area (Å²) in [5, 5.41) is 18.1. The number of nitriles is 2. The Balaban J connectivity index is 2.40. The second kappa shape index (κ2) is 6.08. The molecule has 1 aromatic rings. The van der Waals surface area contributed by atoms with E-state index >= 15 is 0 Å². The molecule has 3 heteroatoms. The molecule has 0 saturated heterocycles. The molecule has 1 heterocycles. The van der Waals surface area contributed by atoms with Crippen molar-refractivity contribution in [1.29, 1.82) is 10.5 Å². The molecule has 21 heavy (non-hydrogen) atoms. The summed E-state index contributed by atoms with van der Waals surface area (Å²) < 4.78 is 0. The van der Waals surface area contributed by atoms with Gasteiger partial charge in [0, 0.05) is 23.5 Å². The van der Waals surface area contributed by atoms with Crippen LogP contribution < -0.4 is 0 Å². The highest BCUT2D eigenvalue weighted by Gasteiger charge is 2.26. The van der Waals surface area contributed by atoms with Crippen molar-refractivity contribution in [2.24, 2.45) is 5.41 Å². The lowest BCUT2D eigenvalue weighted by molar-refractivity contribution is 0.355. The molecule has 1 aliphatic carbocycles. The molecule has 0 radical (unpaired) electrons. The van der Waals surface area contributed by atoms with Crippen molar-refractivity contribution < 1.29 is 0 Å². The molecular weight excluding hydrogens is 258 g/mol. The van der Waals surface area contributed by atoms with E-state index in [1.165, 1.54) is 0 Å². The fraction of sp³-hybridized carbons (Fsp3) is 0.278. The monoisotopic (exact) mass is 273 g/mol. The van der Waals surface area contributed by atoms with Crippen molar-refractivity contribution in [2.75, 3.05) is 0 Å². The van der Waals surface area contributed by atoms with Gasteiger partial charge >= 0.3 is 0 Å². The van der Waals surface area contributed by atoms with Crippen molar-refractivity contribution in [1.82, 2.24) is 4.98 Å². The molecule has 0 saturated carbocycles. The van der Waals surface area contributed by atoms with Gasteiger partial charge in [-0.05, 0) is 42.0 Å². The molecule has 3 nitrogen and oxygen atoms in total. The number of pyridine rings is 1. The summed E-state index contributed by atoms with van der Waals surface area (Å²) >= 11 is 0. The molecule has 102 valence electrons. The van der Waals surface area contributed by atoms with Gasteiger partial charge in [0.1, 0.15) is 17.7 Å². The van der Waals surface area contributed by atoms with Crippen LogP contribution in [0.1, 0.15) is 32.3 Å². The molecule has 0 atom stereocenters. The highest BCUT2D eigenvalue weighted by Crippen LogP contribution is 2.38. The Bertz CT molecular complexity index is 726. The lowest BCUT2D eigenvalue weighted by atomic mass is 9.74. The number of hydrogen-bond donors (Lipinski definition) is 0. The van der Waals surface area contributed by atoms with Gasteiger partial charge in [-0.1, -0.05) is 25.7 Å². The van der Waals surface area contributed by atoms with Crippen LogP contribution in [0.3, 0.4) is 0 Å². The van der Waals surface area contributed by atoms with Crippen LogP contribution in [-0.4, -0.2) is 4.98 Å². The third kappa shape index (κ3) is 3.82. The van der Waals surface area contributed by atoms with Gasteiger partial charge in [0.15, 0.2) is 0 Å². The first-order valence-electron chi connectivity index (χ1n) is 6.70. The Morgan fingerprint density at radius 2 is 1.95 bits per heavy atom. The molecule has 0 fully saturated rings. The predicted molar refractivity (Wildman–Crippen MR) is 80.5 cm³/mol. The largest absolute Gasteiger partial charge is 0.263 e. The van der Waals surface area contributed by atoms with Crippen LogP contribution >= 0.6 is 0 Å². The summed E-state index contributed by atoms with van der Waals surface area (Å²) in [5.74, 6) is 6.22. The third-order valence-electron chi connectivity index (χ3n) is 3.26. The highest BCUT2D eigenvalue weighted by atomic mass is 14.6. The maximum Gasteiger partial charge on any atom is 0.132 e. The Kier molecular flexibility index (Phi) is 4.22. The second-order valence-electron chi connectivity index (χ2n) is 5.80. The topological polar surface area (TPSA) is 60.5 Å². The van der Waals surface area contributed by atoms with E-state index in [1.807, 2.05) is 30.3 Å². The third-order valence-corrected chi connectivity index (χ3v) is 3.26. The molecule has 1 aliphatic rings. The first-order chi connectivity index (χ1) is 10.0. The van der Waals surface area contributed by atoms with Crippen molar-refractivity contribution in [3.8, 4) is 24.0 Å². The van der Waals surface area contributed by atoms with Crippen molar-refractivity contribution in [3.05, 3.63) is 52.9 Å². The lowest BCUT2D eigenvalue weighted by Gasteiger charge is -2.29. The van der Waals surface area contributed by atoms with E-state index in [4.69, 9.17) is 10.5 Å². The van der Waals surface area contributed by atoms with Crippen LogP contribution in [-0.2, 0) is 0 Å². The van der Waals surface area contributed by atoms with E-state index in [1.54, 1.807) is 12.4 Å². The average molecular weight is 273 g/mol. The number of allylic oxidation sites excluding steroid dienone is 4. The fourth-order valence-corrected chi connectivity index (χ4v) is 2.40. The highest BCUT2D eigenvalue weighted by molar-refractivity contribution is 5.51. The van der Waals surface area contributed by atoms with Gasteiger partial charge in [-0.3, -0.25) is 4.98 Å². The van der Waals surface area contributed by atoms with E-state index in [0.29, 0.717) is 0 Å². The summed E-state index contributed by atoms with van der Waals surface area (Å²) in [6.07, 6.45) is 6.88. The van der Waals surface area contributed by atoms with E-state index in [-0.39, 0.29) is 11.0 Å². The van der Waals surface area contributed by atoms with Gasteiger partial charge in [-0.25, -0.2) is 0 Å². The average Bonchev–Trinajstić information content (AvgIpc) is 2.46. The summed E-state index contributed by atoms with van der Waals surface area (Å²) in [6, 6.07) is 7.69. The Labute approximate surface area is 125 Å². The van der Waals surface area contributed by atoms with E-state index in [2.05, 4.69) is 30.7 Å². The molecule has 0 unspecified atom stereocenters. The molecule has 0 bridgehead atoms. The normalized spacial score (nSPS) is 15.8. The van der Waals surface area contributed by atoms with Crippen molar-refractivity contribution >= 4 is 0 Å². The van der Waals surface area contributed by atoms with Crippen LogP contribution in [0.5, 0.6) is 0 Å². The zero-order valence-corrected chi connectivity index (χ0v) is 12.1. The zero-order chi connectivity index (χ0) is 15.3. The van der Waals surface area contributed by atoms with Gasteiger partial charge in [-0.2, -0.15) is 10.5 Å². The molecule has 0 N–H and O–H groups in total. The number of aromatic nitrogens is 1. The van der Waals surface area contributed by atoms with Gasteiger partial charge in [0.2, 0.25) is 0 Å². The van der Waals surface area contributed by atoms with Crippen LogP contribution in [0.25, 0.3) is 0 Å². The van der Waals surface area contributed by atoms with Gasteiger partial charge in [-0.15, -0.1) is 0 Å². The Hall–Kier alpha value is -2.83. The van der Waals surface area contributed by atoms with Gasteiger partial charge in [0.25, 0.3) is 0 Å². The predicted octanol–water partition coefficient (Wildman–Crippen LogP) is 3.52. The standard InChI is InChI=1S/C18H15N3/c1-18(2)9-15(6-5-14-4-3-7-21-13-14)8-16(10-18)17(11-19)12-20/h3-4,7-8,13H,9-10H2,1-2H3. The van der Waals surface area contributed by atoms with E-state index in [0.717, 1.165) is 29.6 Å². The summed E-state index contributed by atoms with van der Waals surface area (Å²) in [7, 11) is 0. The van der Waals surface area contributed by atoms with Crippen LogP contribution in [0.4, 0.5) is 0 Å². The van der Waals surface area contributed by atoms with Gasteiger partial charge in [0.05, 0.1) is 0 Å². The minimum atomic E-state index is 0.00197. The number of rotatable bonds is 0. The Morgan fingerprint density at radius 3 is 2.57 bits per heavy atom. The molecule has 0 aromatic carbocycles. The van der Waals surface area contributed by atoms with E-state index < -0.39 is 0 Å². The number of hydrogen-bond acceptors (Lipinski definition) is 3. The van der Waals surface area contributed by atoms with Crippen molar-refractivity contribution in [3.63, 3.8) is 0 Å². The first-order valence-corrected chi connectivity index (χ1v) is 6.70. The molecule has 1 aromatic heterocycles. The second-order valence-corrected chi connectivity index (χ2v) is 5.80. The lowest BCUT2D eigenvalue weighted by Crippen LogP contribution is -2.17. The first kappa shape index (κ1) is 14.6. The zero-order valence-electron chi connectivity index (χ0n) is 12.1. The van der Waals surface area contributed by atoms with Crippen LogP contribution in [0.2, 0.25) is 0 Å². The Morgan fingerprint density at radius 1 is 1.19 bits per heavy atom. The maximum atomic E-state index is 9.04. The van der Waals surface area contributed by atoms with E-state index in [9.17, 15) is 0 Å². The smallest absolute Gasteiger partial charge is 0.132 e. The summed E-state index contributed by atoms with van der Waals surface area (Å²) in [5.41, 5.74) is 2.78. The van der Waals surface area contributed by atoms with Gasteiger partial charge < -0.3 is 0 Å². The van der Waals surface area contributed by atoms with Crippen molar-refractivity contribution in [2.45, 2.75) is 26.7 Å². The molecule has 0 spiro atoms. The van der Waals surface area contributed by atoms with Crippen LogP contribution in [0, 0.1) is 39.9 Å². The maximum absolute atomic E-state index is 9.04. The minimum absolute atomic E-state index is 0.00197. The SMILES string of the molecule is CC1(C)CC(C#Cc2cccnc2)=CC(=C(C#N)C#N)C1. The van der Waals surface area contributed by atoms with Crippen LogP contribution in [0.15, 0.2) is 47.3 Å².